The maximum Gasteiger partial charge on any atom is 0.346 e. The van der Waals surface area contributed by atoms with Crippen LogP contribution in [0.1, 0.15) is 34.0 Å². The minimum absolute atomic E-state index is 0.00582. The molecule has 0 bridgehead atoms. The molecule has 2 aromatic carbocycles. The summed E-state index contributed by atoms with van der Waals surface area (Å²) in [7, 11) is 0. The molecule has 4 atom stereocenters. The average Bonchev–Trinajstić information content (AvgIpc) is 4.23. The number of thioether (sulfide) groups is 2. The molecule has 0 spiro atoms. The van der Waals surface area contributed by atoms with E-state index in [0.717, 1.165) is 89.1 Å². The van der Waals surface area contributed by atoms with Crippen molar-refractivity contribution >= 4 is 118 Å². The first kappa shape index (κ1) is 44.7. The fraction of sp³-hybridized carbons (Fsp3) is 0.208. The molecule has 6 aliphatic rings. The van der Waals surface area contributed by atoms with Crippen molar-refractivity contribution in [3.8, 4) is 55.3 Å². The Morgan fingerprint density at radius 1 is 0.714 bits per heavy atom. The van der Waals surface area contributed by atoms with E-state index in [-0.39, 0.29) is 39.0 Å². The number of thiophene rings is 4. The van der Waals surface area contributed by atoms with E-state index >= 15 is 0 Å². The second-order valence-corrected chi connectivity index (χ2v) is 24.3. The highest BCUT2D eigenvalue weighted by molar-refractivity contribution is 8.12. The number of ether oxygens (including phenoxy) is 4. The number of carboxylic acid groups (broad SMARTS) is 2. The van der Waals surface area contributed by atoms with E-state index in [1.54, 1.807) is 69.7 Å². The molecule has 0 amide bonds. The number of allylic oxidation sites excluding steroid dienone is 3. The number of rotatable bonds is 9. The quantitative estimate of drug-likeness (QED) is 0.104. The van der Waals surface area contributed by atoms with E-state index in [4.69, 9.17) is 18.9 Å². The van der Waals surface area contributed by atoms with Crippen molar-refractivity contribution in [1.29, 1.82) is 10.5 Å². The molecular formula is C53H37N3O8S6. The van der Waals surface area contributed by atoms with Gasteiger partial charge in [0, 0.05) is 57.3 Å². The molecule has 11 nitrogen and oxygen atoms in total. The lowest BCUT2D eigenvalue weighted by atomic mass is 9.64. The van der Waals surface area contributed by atoms with Gasteiger partial charge in [-0.2, -0.15) is 10.5 Å². The third kappa shape index (κ3) is 7.49. The van der Waals surface area contributed by atoms with Crippen LogP contribution in [0.25, 0.3) is 46.1 Å². The molecule has 1 aliphatic carbocycles. The van der Waals surface area contributed by atoms with Gasteiger partial charge in [0.05, 0.1) is 30.4 Å². The number of hydrogen-bond acceptors (Lipinski definition) is 15. The first-order valence-corrected chi connectivity index (χ1v) is 27.3. The van der Waals surface area contributed by atoms with Crippen molar-refractivity contribution in [3.05, 3.63) is 133 Å². The van der Waals surface area contributed by atoms with Gasteiger partial charge in [0.2, 0.25) is 0 Å². The number of anilines is 2. The maximum absolute atomic E-state index is 11.5. The van der Waals surface area contributed by atoms with Gasteiger partial charge in [-0.15, -0.1) is 68.9 Å². The second kappa shape index (κ2) is 17.4. The zero-order valence-corrected chi connectivity index (χ0v) is 42.0. The first-order valence-electron chi connectivity index (χ1n) is 22.2. The summed E-state index contributed by atoms with van der Waals surface area (Å²) in [6, 6.07) is 24.9. The minimum atomic E-state index is -1.25. The van der Waals surface area contributed by atoms with Gasteiger partial charge in [-0.3, -0.25) is 0 Å². The molecule has 0 fully saturated rings. The topological polar surface area (TPSA) is 162 Å². The number of hydrogen-bond donors (Lipinski definition) is 2. The van der Waals surface area contributed by atoms with E-state index in [2.05, 4.69) is 97.7 Å². The van der Waals surface area contributed by atoms with Crippen LogP contribution in [-0.4, -0.2) is 65.1 Å². The van der Waals surface area contributed by atoms with Crippen LogP contribution in [0.2, 0.25) is 0 Å². The summed E-state index contributed by atoms with van der Waals surface area (Å²) in [5.74, 6) is 0.542. The summed E-state index contributed by atoms with van der Waals surface area (Å²) in [6.07, 6.45) is 14.2. The Hall–Kier alpha value is -6.44. The summed E-state index contributed by atoms with van der Waals surface area (Å²) in [6.45, 7) is 6.45. The molecule has 6 aromatic rings. The lowest BCUT2D eigenvalue weighted by Crippen LogP contribution is -2.50. The molecule has 9 heterocycles. The summed E-state index contributed by atoms with van der Waals surface area (Å²) < 4.78 is 27.7. The molecule has 5 aliphatic heterocycles. The summed E-state index contributed by atoms with van der Waals surface area (Å²) >= 11 is 9.69. The molecule has 70 heavy (non-hydrogen) atoms. The van der Waals surface area contributed by atoms with Gasteiger partial charge in [0.25, 0.3) is 0 Å². The second-order valence-electron chi connectivity index (χ2n) is 17.6. The Labute approximate surface area is 426 Å². The van der Waals surface area contributed by atoms with Crippen LogP contribution < -0.4 is 23.8 Å². The van der Waals surface area contributed by atoms with E-state index in [9.17, 15) is 30.3 Å². The lowest BCUT2D eigenvalue weighted by molar-refractivity contribution is -0.133. The molecule has 0 saturated heterocycles. The van der Waals surface area contributed by atoms with Gasteiger partial charge in [-0.25, -0.2) is 9.59 Å². The zero-order chi connectivity index (χ0) is 48.0. The highest BCUT2D eigenvalue weighted by Crippen LogP contribution is 2.61. The standard InChI is InChI=1S/C53H37N3O8S6/c1-53(2)33-18-26(47-43-45(63-14-12-61-43)49(69-47)41-22-39-37(67-41)20-31(65-39)16-28(24-54)51(57)58)8-10-35(33)56(30-6-4-3-5-7-30)36-11-9-27(19-34(36)53)48-44-46(64-15-13-62-44)50(70-48)42-23-40-38(68-42)21-32(66-40)17-29(25-55)52(59)60/h3-11,16-23,33,35,37,39H,12-15H2,1-2H3,(H,57,58)(H,59,60)/b28-16+,29-17+. The molecule has 17 heteroatoms. The normalized spacial score (nSPS) is 21.8. The summed E-state index contributed by atoms with van der Waals surface area (Å²) in [5, 5.41) is 37.7. The van der Waals surface area contributed by atoms with Crippen molar-refractivity contribution in [3.63, 3.8) is 0 Å². The van der Waals surface area contributed by atoms with Crippen molar-refractivity contribution in [2.45, 2.75) is 35.8 Å². The number of para-hydroxylation sites is 1. The lowest BCUT2D eigenvalue weighted by Gasteiger charge is -2.51. The molecule has 4 unspecified atom stereocenters. The smallest absolute Gasteiger partial charge is 0.346 e. The SMILES string of the molecule is CC1(C)c2cc(-c3sc(-c4cc5sc(/C=C(\C#N)C(=O)O)cc5s4)c4c3OCCO4)ccc2N(c2ccccc2)C2C=CC(c3sc(C4=CC5SC(/C=C(\C#N)C(=O)O)=CC5S4)c4c3OCCO4)=CC21. The third-order valence-electron chi connectivity index (χ3n) is 13.1. The summed E-state index contributed by atoms with van der Waals surface area (Å²) in [5.41, 5.74) is 4.62. The summed E-state index contributed by atoms with van der Waals surface area (Å²) in [4.78, 5) is 33.2. The molecule has 0 radical (unpaired) electrons. The van der Waals surface area contributed by atoms with Gasteiger partial charge in [-0.05, 0) is 65.3 Å². The van der Waals surface area contributed by atoms with E-state index in [1.807, 2.05) is 12.1 Å². The van der Waals surface area contributed by atoms with E-state index in [1.165, 1.54) is 29.1 Å². The predicted molar refractivity (Wildman–Crippen MR) is 282 cm³/mol. The van der Waals surface area contributed by atoms with Crippen molar-refractivity contribution in [1.82, 2.24) is 0 Å². The molecular weight excluding hydrogens is 999 g/mol. The van der Waals surface area contributed by atoms with Crippen molar-refractivity contribution in [2.75, 3.05) is 31.3 Å². The fourth-order valence-corrected chi connectivity index (χ4v) is 17.7. The van der Waals surface area contributed by atoms with Crippen molar-refractivity contribution in [2.24, 2.45) is 5.92 Å². The number of carbonyl (C=O) groups is 2. The molecule has 0 saturated carbocycles. The number of benzene rings is 2. The van der Waals surface area contributed by atoms with Gasteiger partial charge in [-0.1, -0.05) is 68.5 Å². The molecule has 12 rings (SSSR count). The van der Waals surface area contributed by atoms with Crippen LogP contribution in [0.5, 0.6) is 23.0 Å². The van der Waals surface area contributed by atoms with Crippen LogP contribution in [0.15, 0.2) is 113 Å². The zero-order valence-electron chi connectivity index (χ0n) is 37.1. The van der Waals surface area contributed by atoms with E-state index in [0.29, 0.717) is 31.3 Å². The number of nitrogens with zero attached hydrogens (tertiary/aromatic N) is 3. The Balaban J connectivity index is 0.908. The number of fused-ring (bicyclic) bond motifs is 6. The van der Waals surface area contributed by atoms with Gasteiger partial charge >= 0.3 is 11.9 Å². The van der Waals surface area contributed by atoms with Crippen LogP contribution in [0, 0.1) is 28.6 Å². The van der Waals surface area contributed by atoms with Gasteiger partial charge in [0.1, 0.15) is 49.7 Å². The Morgan fingerprint density at radius 2 is 1.36 bits per heavy atom. The number of nitriles is 2. The number of carboxylic acids is 2. The average molecular weight is 1040 g/mol. The molecule has 2 N–H and O–H groups in total. The van der Waals surface area contributed by atoms with Crippen LogP contribution in [0.3, 0.4) is 0 Å². The monoisotopic (exact) mass is 1040 g/mol. The maximum atomic E-state index is 11.5. The fourth-order valence-electron chi connectivity index (χ4n) is 9.85. The first-order chi connectivity index (χ1) is 34.0. The van der Waals surface area contributed by atoms with Crippen LogP contribution >= 0.6 is 68.9 Å². The highest BCUT2D eigenvalue weighted by atomic mass is 32.2. The molecule has 4 aromatic heterocycles. The highest BCUT2D eigenvalue weighted by Gasteiger charge is 2.47. The number of aliphatic carboxylic acids is 2. The molecule has 348 valence electrons. The van der Waals surface area contributed by atoms with Gasteiger partial charge in [0.15, 0.2) is 23.0 Å². The third-order valence-corrected chi connectivity index (χ3v) is 20.8. The Morgan fingerprint density at radius 3 is 2.04 bits per heavy atom. The van der Waals surface area contributed by atoms with Gasteiger partial charge < -0.3 is 34.1 Å². The van der Waals surface area contributed by atoms with Crippen LogP contribution in [0.4, 0.5) is 11.4 Å². The van der Waals surface area contributed by atoms with Crippen LogP contribution in [-0.2, 0) is 15.0 Å². The predicted octanol–water partition coefficient (Wildman–Crippen LogP) is 13.0. The largest absolute Gasteiger partial charge is 0.485 e. The Bertz CT molecular complexity index is 3480. The Kier molecular flexibility index (Phi) is 11.2. The van der Waals surface area contributed by atoms with E-state index < -0.39 is 11.9 Å². The van der Waals surface area contributed by atoms with Crippen molar-refractivity contribution < 1.29 is 38.7 Å². The minimum Gasteiger partial charge on any atom is -0.485 e.